The fraction of sp³-hybridized carbons (Fsp3) is 0.391. The second-order valence-corrected chi connectivity index (χ2v) is 10.3. The smallest absolute Gasteiger partial charge is 0.383 e. The molecular weight excluding hydrogens is 467 g/mol. The molecule has 1 aromatic heterocycles. The number of anilines is 2. The minimum Gasteiger partial charge on any atom is -0.383 e. The van der Waals surface area contributed by atoms with E-state index in [1.807, 2.05) is 24.3 Å². The first kappa shape index (κ1) is 24.2. The van der Waals surface area contributed by atoms with Crippen LogP contribution >= 0.6 is 0 Å². The van der Waals surface area contributed by atoms with Gasteiger partial charge in [-0.2, -0.15) is 18.2 Å². The molecule has 1 aliphatic rings. The van der Waals surface area contributed by atoms with E-state index in [9.17, 15) is 21.6 Å². The lowest BCUT2D eigenvalue weighted by Gasteiger charge is -2.28. The number of halogens is 3. The van der Waals surface area contributed by atoms with Crippen molar-refractivity contribution >= 4 is 32.7 Å². The zero-order valence-corrected chi connectivity index (χ0v) is 19.2. The molecule has 2 aromatic carbocycles. The van der Waals surface area contributed by atoms with Gasteiger partial charge in [0, 0.05) is 18.5 Å². The highest BCUT2D eigenvalue weighted by Gasteiger charge is 2.37. The lowest BCUT2D eigenvalue weighted by atomic mass is 9.82. The molecule has 4 rings (SSSR count). The van der Waals surface area contributed by atoms with E-state index in [2.05, 4.69) is 20.0 Å². The van der Waals surface area contributed by atoms with E-state index in [-0.39, 0.29) is 12.5 Å². The molecule has 0 unspecified atom stereocenters. The summed E-state index contributed by atoms with van der Waals surface area (Å²) in [6.07, 6.45) is -1.47. The SMILES string of the molecule is Nc1nc(NCC2CCC(CNS(=O)(=O)c3ccccc3C(F)(F)F)CC2)nc2ccccc12. The van der Waals surface area contributed by atoms with Crippen molar-refractivity contribution in [2.75, 3.05) is 24.1 Å². The molecule has 1 saturated carbocycles. The Morgan fingerprint density at radius 1 is 0.912 bits per heavy atom. The van der Waals surface area contributed by atoms with E-state index < -0.39 is 26.7 Å². The van der Waals surface area contributed by atoms with Gasteiger partial charge in [0.15, 0.2) is 0 Å². The average molecular weight is 494 g/mol. The van der Waals surface area contributed by atoms with Crippen LogP contribution in [-0.2, 0) is 16.2 Å². The number of nitrogens with two attached hydrogens (primary N) is 1. The Morgan fingerprint density at radius 2 is 1.53 bits per heavy atom. The molecule has 3 aromatic rings. The van der Waals surface area contributed by atoms with E-state index in [0.29, 0.717) is 24.2 Å². The van der Waals surface area contributed by atoms with Gasteiger partial charge in [-0.3, -0.25) is 0 Å². The molecule has 0 radical (unpaired) electrons. The molecule has 1 aliphatic carbocycles. The van der Waals surface area contributed by atoms with Crippen molar-refractivity contribution in [3.05, 3.63) is 54.1 Å². The van der Waals surface area contributed by atoms with Gasteiger partial charge in [0.25, 0.3) is 0 Å². The van der Waals surface area contributed by atoms with Gasteiger partial charge in [-0.25, -0.2) is 18.1 Å². The topological polar surface area (TPSA) is 110 Å². The van der Waals surface area contributed by atoms with Crippen molar-refractivity contribution in [3.63, 3.8) is 0 Å². The largest absolute Gasteiger partial charge is 0.417 e. The van der Waals surface area contributed by atoms with Crippen LogP contribution in [0, 0.1) is 11.8 Å². The van der Waals surface area contributed by atoms with E-state index in [4.69, 9.17) is 5.73 Å². The second-order valence-electron chi connectivity index (χ2n) is 8.56. The van der Waals surface area contributed by atoms with Gasteiger partial charge in [-0.05, 0) is 61.8 Å². The van der Waals surface area contributed by atoms with Gasteiger partial charge < -0.3 is 11.1 Å². The molecule has 182 valence electrons. The van der Waals surface area contributed by atoms with Gasteiger partial charge in [-0.15, -0.1) is 0 Å². The van der Waals surface area contributed by atoms with Crippen LogP contribution in [0.1, 0.15) is 31.2 Å². The number of alkyl halides is 3. The first-order valence-electron chi connectivity index (χ1n) is 11.1. The summed E-state index contributed by atoms with van der Waals surface area (Å²) in [5.74, 6) is 1.30. The molecular formula is C23H26F3N5O2S. The van der Waals surface area contributed by atoms with Crippen LogP contribution in [0.25, 0.3) is 10.9 Å². The highest BCUT2D eigenvalue weighted by molar-refractivity contribution is 7.89. The van der Waals surface area contributed by atoms with Crippen LogP contribution < -0.4 is 15.8 Å². The Hall–Kier alpha value is -2.92. The number of nitrogens with zero attached hydrogens (tertiary/aromatic N) is 2. The predicted octanol–water partition coefficient (Wildman–Crippen LogP) is 4.43. The summed E-state index contributed by atoms with van der Waals surface area (Å²) in [4.78, 5) is 8.05. The third-order valence-corrected chi connectivity index (χ3v) is 7.67. The van der Waals surface area contributed by atoms with E-state index in [1.54, 1.807) is 0 Å². The molecule has 1 fully saturated rings. The standard InChI is InChI=1S/C23H26F3N5O2S/c24-23(25,26)18-6-2-4-8-20(18)34(32,33)29-14-16-11-9-15(10-12-16)13-28-22-30-19-7-3-1-5-17(19)21(27)31-22/h1-8,15-16,29H,9-14H2,(H3,27,28,30,31). The number of nitrogens with one attached hydrogen (secondary N) is 2. The monoisotopic (exact) mass is 493 g/mol. The summed E-state index contributed by atoms with van der Waals surface area (Å²) in [6.45, 7) is 0.772. The Morgan fingerprint density at radius 3 is 2.24 bits per heavy atom. The minimum absolute atomic E-state index is 0.0663. The number of hydrogen-bond donors (Lipinski definition) is 3. The quantitative estimate of drug-likeness (QED) is 0.449. The number of para-hydroxylation sites is 1. The lowest BCUT2D eigenvalue weighted by Crippen LogP contribution is -2.33. The number of hydrogen-bond acceptors (Lipinski definition) is 6. The van der Waals surface area contributed by atoms with Crippen LogP contribution in [0.2, 0.25) is 0 Å². The second kappa shape index (κ2) is 9.75. The number of rotatable bonds is 7. The summed E-state index contributed by atoms with van der Waals surface area (Å²) in [6, 6.07) is 11.7. The third-order valence-electron chi connectivity index (χ3n) is 6.19. The molecule has 1 heterocycles. The molecule has 0 amide bonds. The van der Waals surface area contributed by atoms with Crippen molar-refractivity contribution in [3.8, 4) is 0 Å². The van der Waals surface area contributed by atoms with Crippen LogP contribution in [0.3, 0.4) is 0 Å². The normalized spacial score (nSPS) is 19.3. The van der Waals surface area contributed by atoms with Crippen LogP contribution in [0.5, 0.6) is 0 Å². The number of benzene rings is 2. The number of fused-ring (bicyclic) bond motifs is 1. The van der Waals surface area contributed by atoms with Gasteiger partial charge in [0.2, 0.25) is 16.0 Å². The fourth-order valence-corrected chi connectivity index (χ4v) is 5.64. The van der Waals surface area contributed by atoms with Crippen LogP contribution in [0.15, 0.2) is 53.4 Å². The van der Waals surface area contributed by atoms with Crippen molar-refractivity contribution < 1.29 is 21.6 Å². The Balaban J connectivity index is 1.29. The van der Waals surface area contributed by atoms with Gasteiger partial charge in [0.05, 0.1) is 16.0 Å². The Bertz CT molecular complexity index is 1260. The minimum atomic E-state index is -4.74. The van der Waals surface area contributed by atoms with Crippen LogP contribution in [0.4, 0.5) is 24.9 Å². The first-order valence-corrected chi connectivity index (χ1v) is 12.5. The first-order chi connectivity index (χ1) is 16.1. The number of aromatic nitrogens is 2. The number of nitrogen functional groups attached to an aromatic ring is 1. The Kier molecular flexibility index (Phi) is 6.94. The molecule has 11 heteroatoms. The maximum atomic E-state index is 13.2. The van der Waals surface area contributed by atoms with E-state index >= 15 is 0 Å². The number of sulfonamides is 1. The molecule has 34 heavy (non-hydrogen) atoms. The molecule has 0 spiro atoms. The van der Waals surface area contributed by atoms with E-state index in [0.717, 1.165) is 48.7 Å². The molecule has 0 bridgehead atoms. The zero-order valence-electron chi connectivity index (χ0n) is 18.3. The summed E-state index contributed by atoms with van der Waals surface area (Å²) in [5.41, 5.74) is 5.62. The van der Waals surface area contributed by atoms with Crippen LogP contribution in [-0.4, -0.2) is 31.5 Å². The van der Waals surface area contributed by atoms with Crippen molar-refractivity contribution in [2.45, 2.75) is 36.8 Å². The Labute approximate surface area is 196 Å². The summed E-state index contributed by atoms with van der Waals surface area (Å²) in [5, 5.41) is 4.04. The highest BCUT2D eigenvalue weighted by Crippen LogP contribution is 2.34. The lowest BCUT2D eigenvalue weighted by molar-refractivity contribution is -0.139. The summed E-state index contributed by atoms with van der Waals surface area (Å²) in [7, 11) is -4.27. The predicted molar refractivity (Wildman–Crippen MR) is 125 cm³/mol. The molecule has 0 aliphatic heterocycles. The maximum Gasteiger partial charge on any atom is 0.417 e. The molecule has 0 atom stereocenters. The van der Waals surface area contributed by atoms with Gasteiger partial charge >= 0.3 is 6.18 Å². The summed E-state index contributed by atoms with van der Waals surface area (Å²) >= 11 is 0. The summed E-state index contributed by atoms with van der Waals surface area (Å²) < 4.78 is 67.0. The zero-order chi connectivity index (χ0) is 24.3. The molecule has 4 N–H and O–H groups in total. The van der Waals surface area contributed by atoms with Crippen molar-refractivity contribution in [1.82, 2.24) is 14.7 Å². The van der Waals surface area contributed by atoms with Gasteiger partial charge in [-0.1, -0.05) is 24.3 Å². The molecule has 0 saturated heterocycles. The highest BCUT2D eigenvalue weighted by atomic mass is 32.2. The van der Waals surface area contributed by atoms with E-state index in [1.165, 1.54) is 12.1 Å². The molecule has 7 nitrogen and oxygen atoms in total. The van der Waals surface area contributed by atoms with Crippen molar-refractivity contribution in [2.24, 2.45) is 11.8 Å². The van der Waals surface area contributed by atoms with Gasteiger partial charge in [0.1, 0.15) is 5.82 Å². The van der Waals surface area contributed by atoms with Crippen molar-refractivity contribution in [1.29, 1.82) is 0 Å². The average Bonchev–Trinajstić information content (AvgIpc) is 2.82. The maximum absolute atomic E-state index is 13.2. The fourth-order valence-electron chi connectivity index (χ4n) is 4.30. The third kappa shape index (κ3) is 5.58.